The second-order valence-electron chi connectivity index (χ2n) is 3.92. The van der Waals surface area contributed by atoms with Crippen molar-refractivity contribution in [3.8, 4) is 6.07 Å². The topological polar surface area (TPSA) is 50.1 Å². The highest BCUT2D eigenvalue weighted by atomic mass is 79.9. The first-order chi connectivity index (χ1) is 7.42. The molecule has 0 aliphatic carbocycles. The molecule has 1 aromatic carbocycles. The molecule has 0 aromatic heterocycles. The lowest BCUT2D eigenvalue weighted by molar-refractivity contribution is 0.0598. The van der Waals surface area contributed by atoms with Gasteiger partial charge in [0.05, 0.1) is 24.2 Å². The Labute approximate surface area is 103 Å². The number of methoxy groups -OCH3 is 1. The minimum absolute atomic E-state index is 0.425. The largest absolute Gasteiger partial charge is 0.465 e. The maximum atomic E-state index is 11.6. The summed E-state index contributed by atoms with van der Waals surface area (Å²) in [5.41, 5.74) is 0.362. The molecule has 0 fully saturated rings. The maximum absolute atomic E-state index is 11.6. The van der Waals surface area contributed by atoms with Crippen LogP contribution >= 0.6 is 15.9 Å². The second kappa shape index (κ2) is 4.67. The molecule has 0 saturated heterocycles. The Morgan fingerprint density at radius 2 is 2.12 bits per heavy atom. The predicted octanol–water partition coefficient (Wildman–Crippen LogP) is 3.04. The number of carbonyl (C=O) groups excluding carboxylic acids is 1. The molecular weight excluding hydrogens is 270 g/mol. The quantitative estimate of drug-likeness (QED) is 0.783. The predicted molar refractivity (Wildman–Crippen MR) is 64.1 cm³/mol. The summed E-state index contributed by atoms with van der Waals surface area (Å²) >= 11 is 3.33. The first-order valence-electron chi connectivity index (χ1n) is 4.72. The lowest BCUT2D eigenvalue weighted by Gasteiger charge is -2.19. The van der Waals surface area contributed by atoms with E-state index in [-0.39, 0.29) is 0 Å². The van der Waals surface area contributed by atoms with Crippen molar-refractivity contribution in [2.45, 2.75) is 19.3 Å². The SMILES string of the molecule is COC(=O)c1ccc(Br)cc1C(C)(C)C#N. The van der Waals surface area contributed by atoms with E-state index in [0.29, 0.717) is 11.1 Å². The van der Waals surface area contributed by atoms with Gasteiger partial charge in [0, 0.05) is 4.47 Å². The van der Waals surface area contributed by atoms with Crippen LogP contribution in [-0.2, 0) is 10.2 Å². The van der Waals surface area contributed by atoms with Crippen molar-refractivity contribution in [1.29, 1.82) is 5.26 Å². The standard InChI is InChI=1S/C12H12BrNO2/c1-12(2,7-14)10-6-8(13)4-5-9(10)11(15)16-3/h4-6H,1-3H3. The average molecular weight is 282 g/mol. The van der Waals surface area contributed by atoms with Crippen molar-refractivity contribution >= 4 is 21.9 Å². The normalized spacial score (nSPS) is 10.7. The van der Waals surface area contributed by atoms with Crippen molar-refractivity contribution in [1.82, 2.24) is 0 Å². The molecule has 0 spiro atoms. The third-order valence-corrected chi connectivity index (χ3v) is 2.83. The van der Waals surface area contributed by atoms with Gasteiger partial charge in [0.25, 0.3) is 0 Å². The van der Waals surface area contributed by atoms with E-state index in [1.165, 1.54) is 7.11 Å². The van der Waals surface area contributed by atoms with Gasteiger partial charge in [-0.1, -0.05) is 15.9 Å². The van der Waals surface area contributed by atoms with Gasteiger partial charge < -0.3 is 4.74 Å². The molecule has 0 radical (unpaired) electrons. The smallest absolute Gasteiger partial charge is 0.338 e. The van der Waals surface area contributed by atoms with Gasteiger partial charge in [-0.15, -0.1) is 0 Å². The molecule has 3 nitrogen and oxygen atoms in total. The van der Waals surface area contributed by atoms with E-state index in [1.807, 2.05) is 0 Å². The fraction of sp³-hybridized carbons (Fsp3) is 0.333. The van der Waals surface area contributed by atoms with Crippen molar-refractivity contribution in [3.05, 3.63) is 33.8 Å². The number of rotatable bonds is 2. The van der Waals surface area contributed by atoms with Crippen LogP contribution in [0.5, 0.6) is 0 Å². The summed E-state index contributed by atoms with van der Waals surface area (Å²) in [6.45, 7) is 3.53. The van der Waals surface area contributed by atoms with Gasteiger partial charge >= 0.3 is 5.97 Å². The molecule has 0 bridgehead atoms. The summed E-state index contributed by atoms with van der Waals surface area (Å²) in [6.07, 6.45) is 0. The Kier molecular flexibility index (Phi) is 3.71. The molecule has 0 amide bonds. The van der Waals surface area contributed by atoms with Crippen LogP contribution in [-0.4, -0.2) is 13.1 Å². The zero-order valence-electron chi connectivity index (χ0n) is 9.37. The third-order valence-electron chi connectivity index (χ3n) is 2.34. The van der Waals surface area contributed by atoms with Gasteiger partial charge in [0.15, 0.2) is 0 Å². The molecule has 16 heavy (non-hydrogen) atoms. The summed E-state index contributed by atoms with van der Waals surface area (Å²) in [7, 11) is 1.33. The third kappa shape index (κ3) is 2.42. The zero-order valence-corrected chi connectivity index (χ0v) is 11.0. The molecule has 0 atom stereocenters. The summed E-state index contributed by atoms with van der Waals surface area (Å²) in [6, 6.07) is 7.36. The molecule has 0 heterocycles. The van der Waals surface area contributed by atoms with Crippen LogP contribution in [0.15, 0.2) is 22.7 Å². The fourth-order valence-corrected chi connectivity index (χ4v) is 1.74. The van der Waals surface area contributed by atoms with Gasteiger partial charge in [-0.2, -0.15) is 5.26 Å². The lowest BCUT2D eigenvalue weighted by Crippen LogP contribution is -2.19. The molecule has 1 aromatic rings. The van der Waals surface area contributed by atoms with Gasteiger partial charge in [0.2, 0.25) is 0 Å². The molecule has 0 saturated carbocycles. The van der Waals surface area contributed by atoms with Crippen LogP contribution in [0.2, 0.25) is 0 Å². The minimum atomic E-state index is -0.729. The van der Waals surface area contributed by atoms with Gasteiger partial charge in [-0.05, 0) is 37.6 Å². The van der Waals surface area contributed by atoms with E-state index in [0.717, 1.165) is 4.47 Å². The van der Waals surface area contributed by atoms with Crippen LogP contribution in [0.1, 0.15) is 29.8 Å². The summed E-state index contributed by atoms with van der Waals surface area (Å²) in [5.74, 6) is -0.425. The van der Waals surface area contributed by atoms with Crippen LogP contribution in [0.25, 0.3) is 0 Å². The van der Waals surface area contributed by atoms with E-state index in [2.05, 4.69) is 22.0 Å². The van der Waals surface area contributed by atoms with Gasteiger partial charge in [-0.25, -0.2) is 4.79 Å². The average Bonchev–Trinajstić information content (AvgIpc) is 2.28. The number of benzene rings is 1. The van der Waals surface area contributed by atoms with E-state index < -0.39 is 11.4 Å². The first kappa shape index (κ1) is 12.7. The van der Waals surface area contributed by atoms with Crippen molar-refractivity contribution in [2.24, 2.45) is 0 Å². The Hall–Kier alpha value is -1.34. The molecule has 0 unspecified atom stereocenters. The Morgan fingerprint density at radius 3 is 2.62 bits per heavy atom. The van der Waals surface area contributed by atoms with Crippen molar-refractivity contribution in [2.75, 3.05) is 7.11 Å². The molecule has 1 rings (SSSR count). The van der Waals surface area contributed by atoms with Gasteiger partial charge in [-0.3, -0.25) is 0 Å². The Bertz CT molecular complexity index is 461. The molecule has 0 N–H and O–H groups in total. The molecule has 0 aliphatic heterocycles. The number of nitriles is 1. The van der Waals surface area contributed by atoms with Crippen LogP contribution in [0.4, 0.5) is 0 Å². The summed E-state index contributed by atoms with van der Waals surface area (Å²) in [4.78, 5) is 11.6. The zero-order chi connectivity index (χ0) is 12.3. The molecule has 84 valence electrons. The number of nitrogens with zero attached hydrogens (tertiary/aromatic N) is 1. The number of halogens is 1. The van der Waals surface area contributed by atoms with E-state index in [1.54, 1.807) is 32.0 Å². The van der Waals surface area contributed by atoms with Gasteiger partial charge in [0.1, 0.15) is 0 Å². The van der Waals surface area contributed by atoms with E-state index >= 15 is 0 Å². The lowest BCUT2D eigenvalue weighted by atomic mass is 9.83. The molecule has 0 aliphatic rings. The van der Waals surface area contributed by atoms with Crippen molar-refractivity contribution in [3.63, 3.8) is 0 Å². The number of esters is 1. The van der Waals surface area contributed by atoms with Crippen LogP contribution in [0, 0.1) is 11.3 Å². The number of carbonyl (C=O) groups is 1. The van der Waals surface area contributed by atoms with E-state index in [4.69, 9.17) is 10.00 Å². The number of hydrogen-bond donors (Lipinski definition) is 0. The van der Waals surface area contributed by atoms with Crippen LogP contribution in [0.3, 0.4) is 0 Å². The number of ether oxygens (including phenoxy) is 1. The van der Waals surface area contributed by atoms with E-state index in [9.17, 15) is 4.79 Å². The maximum Gasteiger partial charge on any atom is 0.338 e. The highest BCUT2D eigenvalue weighted by Crippen LogP contribution is 2.29. The number of hydrogen-bond acceptors (Lipinski definition) is 3. The summed E-state index contributed by atoms with van der Waals surface area (Å²) in [5, 5.41) is 9.10. The highest BCUT2D eigenvalue weighted by Gasteiger charge is 2.26. The first-order valence-corrected chi connectivity index (χ1v) is 5.51. The summed E-state index contributed by atoms with van der Waals surface area (Å²) < 4.78 is 5.52. The van der Waals surface area contributed by atoms with Crippen molar-refractivity contribution < 1.29 is 9.53 Å². The second-order valence-corrected chi connectivity index (χ2v) is 4.83. The fourth-order valence-electron chi connectivity index (χ4n) is 1.38. The molecular formula is C12H12BrNO2. The monoisotopic (exact) mass is 281 g/mol. The minimum Gasteiger partial charge on any atom is -0.465 e. The Morgan fingerprint density at radius 1 is 1.50 bits per heavy atom. The van der Waals surface area contributed by atoms with Crippen LogP contribution < -0.4 is 0 Å². The highest BCUT2D eigenvalue weighted by molar-refractivity contribution is 9.10. The molecule has 4 heteroatoms. The Balaban J connectivity index is 3.42.